The van der Waals surface area contributed by atoms with Crippen LogP contribution in [0.1, 0.15) is 12.8 Å². The van der Waals surface area contributed by atoms with E-state index in [1.165, 1.54) is 6.20 Å². The summed E-state index contributed by atoms with van der Waals surface area (Å²) in [6, 6.07) is 6.96. The molecule has 6 nitrogen and oxygen atoms in total. The van der Waals surface area contributed by atoms with Crippen LogP contribution in [0.15, 0.2) is 30.5 Å². The number of nitrogens with zero attached hydrogens (tertiary/aromatic N) is 2. The summed E-state index contributed by atoms with van der Waals surface area (Å²) < 4.78 is 5.72. The van der Waals surface area contributed by atoms with Gasteiger partial charge in [-0.15, -0.1) is 0 Å². The summed E-state index contributed by atoms with van der Waals surface area (Å²) in [6.45, 7) is 0.403. The molecule has 21 heavy (non-hydrogen) atoms. The molecule has 110 valence electrons. The van der Waals surface area contributed by atoms with Gasteiger partial charge in [0.2, 0.25) is 5.95 Å². The molecule has 0 aliphatic heterocycles. The molecule has 1 aromatic carbocycles. The zero-order valence-electron chi connectivity index (χ0n) is 11.2. The van der Waals surface area contributed by atoms with Crippen molar-refractivity contribution in [1.82, 2.24) is 9.97 Å². The molecule has 2 aromatic rings. The van der Waals surface area contributed by atoms with Gasteiger partial charge < -0.3 is 20.9 Å². The summed E-state index contributed by atoms with van der Waals surface area (Å²) >= 11 is 5.84. The van der Waals surface area contributed by atoms with E-state index in [-0.39, 0.29) is 5.95 Å². The molecule has 1 aromatic heterocycles. The maximum atomic E-state index is 9.88. The van der Waals surface area contributed by atoms with Gasteiger partial charge in [-0.2, -0.15) is 4.98 Å². The van der Waals surface area contributed by atoms with Crippen LogP contribution in [0.25, 0.3) is 0 Å². The molecule has 0 spiro atoms. The molecule has 1 aliphatic carbocycles. The first-order valence-electron chi connectivity index (χ1n) is 6.56. The average molecular weight is 307 g/mol. The van der Waals surface area contributed by atoms with Gasteiger partial charge >= 0.3 is 0 Å². The van der Waals surface area contributed by atoms with E-state index in [4.69, 9.17) is 22.1 Å². The summed E-state index contributed by atoms with van der Waals surface area (Å²) in [4.78, 5) is 8.04. The van der Waals surface area contributed by atoms with Crippen molar-refractivity contribution in [2.45, 2.75) is 18.4 Å². The van der Waals surface area contributed by atoms with Crippen molar-refractivity contribution in [2.24, 2.45) is 0 Å². The van der Waals surface area contributed by atoms with Gasteiger partial charge in [-0.3, -0.25) is 0 Å². The van der Waals surface area contributed by atoms with Gasteiger partial charge in [-0.25, -0.2) is 4.98 Å². The first-order chi connectivity index (χ1) is 10.0. The third kappa shape index (κ3) is 3.53. The number of nitrogens with one attached hydrogen (secondary N) is 1. The van der Waals surface area contributed by atoms with Crippen molar-refractivity contribution in [3.05, 3.63) is 35.5 Å². The fourth-order valence-electron chi connectivity index (χ4n) is 1.78. The molecule has 1 heterocycles. The molecule has 0 amide bonds. The van der Waals surface area contributed by atoms with Gasteiger partial charge in [0.25, 0.3) is 0 Å². The molecule has 3 rings (SSSR count). The highest BCUT2D eigenvalue weighted by molar-refractivity contribution is 6.30. The topological polar surface area (TPSA) is 93.3 Å². The molecule has 0 unspecified atom stereocenters. The number of halogens is 1. The van der Waals surface area contributed by atoms with Gasteiger partial charge in [0, 0.05) is 11.6 Å². The van der Waals surface area contributed by atoms with Crippen molar-refractivity contribution >= 4 is 23.4 Å². The second kappa shape index (κ2) is 5.38. The van der Waals surface area contributed by atoms with Crippen LogP contribution in [-0.2, 0) is 0 Å². The summed E-state index contributed by atoms with van der Waals surface area (Å²) in [5.41, 5.74) is 4.96. The number of nitrogen functional groups attached to an aromatic ring is 1. The number of aliphatic hydroxyl groups is 1. The summed E-state index contributed by atoms with van der Waals surface area (Å²) in [5, 5.41) is 13.6. The Morgan fingerprint density at radius 3 is 2.71 bits per heavy atom. The molecule has 1 aliphatic rings. The Kier molecular flexibility index (Phi) is 3.57. The number of hydrogen-bond donors (Lipinski definition) is 3. The summed E-state index contributed by atoms with van der Waals surface area (Å²) in [7, 11) is 0. The number of ether oxygens (including phenoxy) is 1. The maximum Gasteiger partial charge on any atom is 0.222 e. The van der Waals surface area contributed by atoms with Crippen molar-refractivity contribution in [1.29, 1.82) is 0 Å². The Hall–Kier alpha value is -2.05. The molecule has 0 saturated heterocycles. The Bertz CT molecular complexity index is 644. The average Bonchev–Trinajstić information content (AvgIpc) is 3.20. The largest absolute Gasteiger partial charge is 0.452 e. The first-order valence-corrected chi connectivity index (χ1v) is 6.94. The first kappa shape index (κ1) is 13.9. The Morgan fingerprint density at radius 1 is 1.33 bits per heavy atom. The van der Waals surface area contributed by atoms with Crippen LogP contribution >= 0.6 is 11.6 Å². The van der Waals surface area contributed by atoms with E-state index < -0.39 is 5.60 Å². The molecule has 0 bridgehead atoms. The van der Waals surface area contributed by atoms with Gasteiger partial charge in [0.05, 0.1) is 11.8 Å². The van der Waals surface area contributed by atoms with Gasteiger partial charge in [-0.05, 0) is 37.1 Å². The molecule has 0 atom stereocenters. The van der Waals surface area contributed by atoms with E-state index in [0.29, 0.717) is 28.9 Å². The summed E-state index contributed by atoms with van der Waals surface area (Å²) in [6.07, 6.45) is 3.07. The van der Waals surface area contributed by atoms with Crippen molar-refractivity contribution in [2.75, 3.05) is 17.6 Å². The van der Waals surface area contributed by atoms with Crippen LogP contribution in [0.2, 0.25) is 5.02 Å². The zero-order valence-corrected chi connectivity index (χ0v) is 12.0. The minimum Gasteiger partial charge on any atom is -0.452 e. The lowest BCUT2D eigenvalue weighted by molar-refractivity contribution is 0.164. The van der Waals surface area contributed by atoms with Crippen molar-refractivity contribution in [3.63, 3.8) is 0 Å². The second-order valence-electron chi connectivity index (χ2n) is 5.07. The highest BCUT2D eigenvalue weighted by Gasteiger charge is 2.40. The Morgan fingerprint density at radius 2 is 2.05 bits per heavy atom. The van der Waals surface area contributed by atoms with E-state index in [9.17, 15) is 5.11 Å². The van der Waals surface area contributed by atoms with Crippen molar-refractivity contribution in [3.8, 4) is 11.5 Å². The van der Waals surface area contributed by atoms with Crippen LogP contribution in [0.5, 0.6) is 11.5 Å². The fourth-order valence-corrected chi connectivity index (χ4v) is 1.91. The highest BCUT2D eigenvalue weighted by Crippen LogP contribution is 2.36. The third-order valence-electron chi connectivity index (χ3n) is 3.23. The fraction of sp³-hybridized carbons (Fsp3) is 0.286. The molecular weight excluding hydrogens is 292 g/mol. The predicted molar refractivity (Wildman–Crippen MR) is 80.6 cm³/mol. The number of nitrogens with two attached hydrogens (primary N) is 1. The lowest BCUT2D eigenvalue weighted by Crippen LogP contribution is -2.21. The maximum absolute atomic E-state index is 9.88. The Labute approximate surface area is 126 Å². The SMILES string of the molecule is Nc1ncc(Oc2ccc(Cl)cc2)c(NCC2(O)CC2)n1. The van der Waals surface area contributed by atoms with Crippen LogP contribution in [0.4, 0.5) is 11.8 Å². The number of benzene rings is 1. The van der Waals surface area contributed by atoms with Crippen LogP contribution in [0.3, 0.4) is 0 Å². The lowest BCUT2D eigenvalue weighted by Gasteiger charge is -2.14. The van der Waals surface area contributed by atoms with Crippen LogP contribution in [0, 0.1) is 0 Å². The van der Waals surface area contributed by atoms with E-state index in [2.05, 4.69) is 15.3 Å². The number of rotatable bonds is 5. The number of aromatic nitrogens is 2. The highest BCUT2D eigenvalue weighted by atomic mass is 35.5. The van der Waals surface area contributed by atoms with E-state index in [0.717, 1.165) is 12.8 Å². The monoisotopic (exact) mass is 306 g/mol. The molecule has 1 fully saturated rings. The minimum atomic E-state index is -0.642. The second-order valence-corrected chi connectivity index (χ2v) is 5.51. The standard InChI is InChI=1S/C14H15ClN4O2/c15-9-1-3-10(4-2-9)21-11-7-17-13(16)19-12(11)18-8-14(20)5-6-14/h1-4,7,20H,5-6,8H2,(H3,16,17,18,19). The number of anilines is 2. The van der Waals surface area contributed by atoms with Crippen LogP contribution < -0.4 is 15.8 Å². The van der Waals surface area contributed by atoms with Gasteiger partial charge in [-0.1, -0.05) is 11.6 Å². The molecular formula is C14H15ClN4O2. The third-order valence-corrected chi connectivity index (χ3v) is 3.48. The quantitative estimate of drug-likeness (QED) is 0.785. The molecule has 7 heteroatoms. The predicted octanol–water partition coefficient (Wildman–Crippen LogP) is 2.44. The van der Waals surface area contributed by atoms with E-state index in [1.807, 2.05) is 0 Å². The van der Waals surface area contributed by atoms with Gasteiger partial charge in [0.1, 0.15) is 5.75 Å². The van der Waals surface area contributed by atoms with E-state index in [1.54, 1.807) is 24.3 Å². The molecule has 4 N–H and O–H groups in total. The number of hydrogen-bond acceptors (Lipinski definition) is 6. The summed E-state index contributed by atoms with van der Waals surface area (Å²) in [5.74, 6) is 1.65. The van der Waals surface area contributed by atoms with Crippen LogP contribution in [-0.4, -0.2) is 27.2 Å². The lowest BCUT2D eigenvalue weighted by atomic mass is 10.3. The molecule has 0 radical (unpaired) electrons. The smallest absolute Gasteiger partial charge is 0.222 e. The minimum absolute atomic E-state index is 0.142. The zero-order chi connectivity index (χ0) is 14.9. The van der Waals surface area contributed by atoms with Crippen molar-refractivity contribution < 1.29 is 9.84 Å². The Balaban J connectivity index is 1.78. The van der Waals surface area contributed by atoms with Gasteiger partial charge in [0.15, 0.2) is 11.6 Å². The molecule has 1 saturated carbocycles. The normalized spacial score (nSPS) is 15.5. The van der Waals surface area contributed by atoms with E-state index >= 15 is 0 Å².